The van der Waals surface area contributed by atoms with E-state index in [9.17, 15) is 32.7 Å². The molecule has 3 aliphatic rings. The number of carbonyl (C=O) groups is 3. The molecule has 1 N–H and O–H groups in total. The Kier molecular flexibility index (Phi) is 5.43. The van der Waals surface area contributed by atoms with Crippen LogP contribution in [0.3, 0.4) is 0 Å². The quantitative estimate of drug-likeness (QED) is 0.305. The summed E-state index contributed by atoms with van der Waals surface area (Å²) in [5.41, 5.74) is -4.23. The molecule has 3 aliphatic heterocycles. The second kappa shape index (κ2) is 7.55. The molecule has 0 spiro atoms. The van der Waals surface area contributed by atoms with E-state index in [-0.39, 0.29) is 30.9 Å². The highest BCUT2D eigenvalue weighted by atomic mass is 127. The Balaban J connectivity index is 1.81. The standard InChI is InChI=1S/C22H20F3IN2O5/c1-20-9-15(26(3)19(31)32)21(2,33-20)17-16(20)14(29)6-7-28(18(17)30)12-5-4-11(10-27)13(8-12)22(23,24)25/h3-5,8,15-17H,6-7,9H2,1-2H3,(H,31,32)/t15-,16?,17?,20?,21?/m1/s1. The summed E-state index contributed by atoms with van der Waals surface area (Å²) in [5, 5.41) is 18.6. The minimum absolute atomic E-state index is 0.0855. The van der Waals surface area contributed by atoms with Gasteiger partial charge in [-0.25, -0.2) is 4.79 Å². The fourth-order valence-electron chi connectivity index (χ4n) is 5.59. The van der Waals surface area contributed by atoms with Crippen LogP contribution in [0.2, 0.25) is 0 Å². The van der Waals surface area contributed by atoms with Crippen LogP contribution in [0.25, 0.3) is 0 Å². The fraction of sp³-hybridized carbons (Fsp3) is 0.500. The van der Waals surface area contributed by atoms with Crippen molar-refractivity contribution < 1.29 is 37.4 Å². The van der Waals surface area contributed by atoms with E-state index in [1.807, 2.05) is 0 Å². The molecule has 0 saturated carbocycles. The van der Waals surface area contributed by atoms with Gasteiger partial charge in [-0.05, 0) is 57.6 Å². The maximum absolute atomic E-state index is 13.7. The molecule has 11 heteroatoms. The zero-order valence-electron chi connectivity index (χ0n) is 17.6. The molecule has 1 amide bonds. The summed E-state index contributed by atoms with van der Waals surface area (Å²) in [6, 6.07) is 4.47. The highest BCUT2D eigenvalue weighted by Gasteiger charge is 2.72. The number of hydrogen-bond donors (Lipinski definition) is 1. The number of alkyl halides is 4. The highest BCUT2D eigenvalue weighted by molar-refractivity contribution is 14.2. The van der Waals surface area contributed by atoms with Crippen molar-refractivity contribution in [1.29, 1.82) is 5.26 Å². The summed E-state index contributed by atoms with van der Waals surface area (Å²) in [6.45, 7) is 3.13. The van der Waals surface area contributed by atoms with Gasteiger partial charge in [-0.15, -0.1) is 4.31 Å². The van der Waals surface area contributed by atoms with Crippen molar-refractivity contribution in [2.75, 3.05) is 11.4 Å². The Morgan fingerprint density at radius 3 is 2.58 bits per heavy atom. The molecule has 5 atom stereocenters. The average molecular weight is 576 g/mol. The van der Waals surface area contributed by atoms with E-state index in [0.717, 1.165) is 17.0 Å². The first kappa shape index (κ1) is 23.7. The number of carbonyl (C=O) groups excluding carboxylic acids is 2. The van der Waals surface area contributed by atoms with Gasteiger partial charge in [-0.1, -0.05) is 0 Å². The molecule has 7 nitrogen and oxygen atoms in total. The van der Waals surface area contributed by atoms with Gasteiger partial charge in [0.25, 0.3) is 0 Å². The molecule has 4 unspecified atom stereocenters. The summed E-state index contributed by atoms with van der Waals surface area (Å²) in [5.74, 6) is -2.76. The van der Waals surface area contributed by atoms with E-state index < -0.39 is 73.3 Å². The summed E-state index contributed by atoms with van der Waals surface area (Å²) >= 11 is -3.13. The van der Waals surface area contributed by atoms with Crippen LogP contribution in [0.4, 0.5) is 23.7 Å². The summed E-state index contributed by atoms with van der Waals surface area (Å²) in [6.07, 6.45) is -4.65. The molecule has 1 aromatic carbocycles. The number of Topliss-reactive ketones (excluding diaryl/α,β-unsaturated/α-hetero) is 1. The van der Waals surface area contributed by atoms with Gasteiger partial charge in [0.1, 0.15) is 5.78 Å². The van der Waals surface area contributed by atoms with E-state index in [4.69, 9.17) is 14.3 Å². The third-order valence-corrected chi connectivity index (χ3v) is 11.3. The van der Waals surface area contributed by atoms with Crippen molar-refractivity contribution in [1.82, 2.24) is 0 Å². The van der Waals surface area contributed by atoms with Crippen LogP contribution in [0.1, 0.15) is 37.8 Å². The number of rotatable bonds is 1. The molecular weight excluding hydrogens is 556 g/mol. The lowest BCUT2D eigenvalue weighted by atomic mass is 9.65. The smallest absolute Gasteiger partial charge is 0.417 e. The van der Waals surface area contributed by atoms with Crippen molar-refractivity contribution in [3.63, 3.8) is 0 Å². The Morgan fingerprint density at radius 1 is 1.33 bits per heavy atom. The fourth-order valence-corrected chi connectivity index (χ4v) is 9.43. The van der Waals surface area contributed by atoms with Gasteiger partial charge in [0.05, 0.1) is 40.2 Å². The van der Waals surface area contributed by atoms with Crippen LogP contribution in [0.15, 0.2) is 18.2 Å². The van der Waals surface area contributed by atoms with Crippen molar-refractivity contribution in [3.05, 3.63) is 29.3 Å². The van der Waals surface area contributed by atoms with E-state index in [1.165, 1.54) is 12.1 Å². The third-order valence-electron chi connectivity index (χ3n) is 6.94. The lowest BCUT2D eigenvalue weighted by Crippen LogP contribution is -2.54. The molecule has 3 fully saturated rings. The minimum atomic E-state index is -4.81. The van der Waals surface area contributed by atoms with E-state index in [1.54, 1.807) is 13.8 Å². The second-order valence-corrected chi connectivity index (χ2v) is 13.3. The Morgan fingerprint density at radius 2 is 2.00 bits per heavy atom. The van der Waals surface area contributed by atoms with Crippen molar-refractivity contribution in [2.45, 2.75) is 48.0 Å². The van der Waals surface area contributed by atoms with Crippen LogP contribution >= 0.6 is 19.1 Å². The van der Waals surface area contributed by atoms with Gasteiger partial charge in [-0.3, -0.25) is 9.59 Å². The van der Waals surface area contributed by atoms with Crippen LogP contribution in [-0.2, 0) is 20.5 Å². The number of halogens is 4. The molecule has 3 saturated heterocycles. The summed E-state index contributed by atoms with van der Waals surface area (Å²) < 4.78 is 51.0. The van der Waals surface area contributed by atoms with Crippen molar-refractivity contribution in [3.8, 4) is 10.4 Å². The Bertz CT molecular complexity index is 1200. The van der Waals surface area contributed by atoms with Crippen LogP contribution in [0.5, 0.6) is 0 Å². The third kappa shape index (κ3) is 3.47. The SMILES string of the molecule is C#I(C(=O)O)[C@@H]1CC2(C)OC1(C)C1C(=O)N(c3ccc(C#N)c(C(F)(F)F)c3)CCC(=O)C12. The predicted octanol–water partition coefficient (Wildman–Crippen LogP) is 4.21. The zero-order valence-corrected chi connectivity index (χ0v) is 19.8. The van der Waals surface area contributed by atoms with Crippen LogP contribution < -0.4 is 4.90 Å². The Hall–Kier alpha value is -2.42. The molecular formula is C22H20F3IN2O5. The number of anilines is 1. The number of hydrogen-bond acceptors (Lipinski definition) is 5. The molecule has 2 bridgehead atoms. The minimum Gasteiger partial charge on any atom is -0.474 e. The maximum atomic E-state index is 13.7. The van der Waals surface area contributed by atoms with Crippen molar-refractivity contribution in [2.24, 2.45) is 11.8 Å². The van der Waals surface area contributed by atoms with Crippen LogP contribution in [-0.4, -0.2) is 42.4 Å². The number of benzene rings is 1. The molecule has 4 rings (SSSR count). The molecule has 0 aliphatic carbocycles. The van der Waals surface area contributed by atoms with Gasteiger partial charge in [0, 0.05) is 22.6 Å². The van der Waals surface area contributed by atoms with Gasteiger partial charge in [-0.2, -0.15) is 18.4 Å². The number of nitrogens with zero attached hydrogens (tertiary/aromatic N) is 2. The maximum Gasteiger partial charge on any atom is 0.417 e. The normalized spacial score (nSPS) is 33.7. The van der Waals surface area contributed by atoms with Crippen molar-refractivity contribution >= 4 is 40.5 Å². The number of fused-ring (bicyclic) bond motifs is 5. The monoisotopic (exact) mass is 576 g/mol. The molecule has 0 radical (unpaired) electrons. The summed E-state index contributed by atoms with van der Waals surface area (Å²) in [7, 11) is 0. The molecule has 0 aromatic heterocycles. The number of ketones is 1. The lowest BCUT2D eigenvalue weighted by Gasteiger charge is -2.39. The first-order valence-electron chi connectivity index (χ1n) is 10.1. The zero-order chi connectivity index (χ0) is 24.5. The largest absolute Gasteiger partial charge is 0.474 e. The van der Waals surface area contributed by atoms with Gasteiger partial charge in [0.15, 0.2) is 0 Å². The first-order chi connectivity index (χ1) is 15.2. The van der Waals surface area contributed by atoms with Gasteiger partial charge >= 0.3 is 10.2 Å². The summed E-state index contributed by atoms with van der Waals surface area (Å²) in [4.78, 5) is 39.6. The van der Waals surface area contributed by atoms with Gasteiger partial charge in [0.2, 0.25) is 5.91 Å². The number of carboxylic acid groups (broad SMARTS) is 1. The average Bonchev–Trinajstić information content (AvgIpc) is 3.08. The lowest BCUT2D eigenvalue weighted by molar-refractivity contribution is -0.138. The topological polar surface area (TPSA) is 108 Å². The first-order valence-corrected chi connectivity index (χ1v) is 13.6. The van der Waals surface area contributed by atoms with Gasteiger partial charge < -0.3 is 14.7 Å². The molecule has 1 aromatic rings. The van der Waals surface area contributed by atoms with E-state index in [2.05, 4.69) is 0 Å². The number of ether oxygens (including phenoxy) is 1. The molecule has 176 valence electrons. The number of amides is 1. The highest BCUT2D eigenvalue weighted by Crippen LogP contribution is 2.64. The predicted molar refractivity (Wildman–Crippen MR) is 118 cm³/mol. The molecule has 33 heavy (non-hydrogen) atoms. The van der Waals surface area contributed by atoms with Crippen LogP contribution in [0, 0.1) is 27.5 Å². The Labute approximate surface area is 194 Å². The van der Waals surface area contributed by atoms with E-state index in [0.29, 0.717) is 0 Å². The molecule has 3 heterocycles. The second-order valence-electron chi connectivity index (χ2n) is 8.87. The number of nitriles is 1. The van der Waals surface area contributed by atoms with E-state index >= 15 is 0 Å².